The summed E-state index contributed by atoms with van der Waals surface area (Å²) in [6.07, 6.45) is 5.69. The maximum Gasteiger partial charge on any atom is 0.251 e. The van der Waals surface area contributed by atoms with Gasteiger partial charge in [-0.2, -0.15) is 0 Å². The number of carbonyl (C=O) groups excluding carboxylic acids is 1. The van der Waals surface area contributed by atoms with Crippen LogP contribution in [0, 0.1) is 12.3 Å². The molecule has 1 unspecified atom stereocenters. The van der Waals surface area contributed by atoms with E-state index in [1.54, 1.807) is 18.2 Å². The van der Waals surface area contributed by atoms with Crippen molar-refractivity contribution in [2.75, 3.05) is 6.79 Å². The van der Waals surface area contributed by atoms with Gasteiger partial charge in [0.25, 0.3) is 5.91 Å². The molecule has 1 aliphatic rings. The molecule has 0 fully saturated rings. The van der Waals surface area contributed by atoms with Crippen LogP contribution in [0.15, 0.2) is 18.2 Å². The standard InChI is InChI=1S/C13H13NO3/c1-3-4-9(2)14-13(15)10-5-6-11-12(7-10)17-8-16-11/h1,5-7,9H,4,8H2,2H3,(H,14,15). The summed E-state index contributed by atoms with van der Waals surface area (Å²) in [5.41, 5.74) is 0.540. The van der Waals surface area contributed by atoms with E-state index in [-0.39, 0.29) is 18.7 Å². The van der Waals surface area contributed by atoms with Crippen LogP contribution in [-0.2, 0) is 0 Å². The van der Waals surface area contributed by atoms with Gasteiger partial charge in [-0.05, 0) is 25.1 Å². The number of ether oxygens (including phenoxy) is 2. The lowest BCUT2D eigenvalue weighted by molar-refractivity contribution is 0.0940. The highest BCUT2D eigenvalue weighted by molar-refractivity contribution is 5.95. The lowest BCUT2D eigenvalue weighted by Crippen LogP contribution is -2.32. The van der Waals surface area contributed by atoms with Crippen molar-refractivity contribution >= 4 is 5.91 Å². The number of benzene rings is 1. The summed E-state index contributed by atoms with van der Waals surface area (Å²) < 4.78 is 10.4. The average molecular weight is 231 g/mol. The molecule has 1 aromatic rings. The first kappa shape index (κ1) is 11.3. The minimum atomic E-state index is -0.161. The van der Waals surface area contributed by atoms with Gasteiger partial charge >= 0.3 is 0 Å². The summed E-state index contributed by atoms with van der Waals surface area (Å²) in [7, 11) is 0. The predicted octanol–water partition coefficient (Wildman–Crippen LogP) is 1.56. The third-order valence-electron chi connectivity index (χ3n) is 2.44. The Kier molecular flexibility index (Phi) is 3.20. The van der Waals surface area contributed by atoms with Crippen LogP contribution in [0.25, 0.3) is 0 Å². The zero-order valence-corrected chi connectivity index (χ0v) is 9.53. The van der Waals surface area contributed by atoms with Gasteiger partial charge in [0, 0.05) is 18.0 Å². The van der Waals surface area contributed by atoms with E-state index >= 15 is 0 Å². The number of amides is 1. The Labute approximate surface area is 99.9 Å². The summed E-state index contributed by atoms with van der Waals surface area (Å²) in [5, 5.41) is 2.81. The molecule has 88 valence electrons. The summed E-state index contributed by atoms with van der Waals surface area (Å²) >= 11 is 0. The molecule has 17 heavy (non-hydrogen) atoms. The number of hydrogen-bond acceptors (Lipinski definition) is 3. The fourth-order valence-corrected chi connectivity index (χ4v) is 1.57. The minimum Gasteiger partial charge on any atom is -0.454 e. The number of rotatable bonds is 3. The van der Waals surface area contributed by atoms with Gasteiger partial charge in [0.15, 0.2) is 11.5 Å². The predicted molar refractivity (Wildman–Crippen MR) is 62.9 cm³/mol. The Morgan fingerprint density at radius 2 is 2.29 bits per heavy atom. The Bertz CT molecular complexity index is 476. The Balaban J connectivity index is 2.07. The molecule has 0 aromatic heterocycles. The van der Waals surface area contributed by atoms with Gasteiger partial charge < -0.3 is 14.8 Å². The van der Waals surface area contributed by atoms with Gasteiger partial charge in [-0.25, -0.2) is 0 Å². The van der Waals surface area contributed by atoms with Crippen molar-refractivity contribution in [2.24, 2.45) is 0 Å². The van der Waals surface area contributed by atoms with E-state index in [1.165, 1.54) is 0 Å². The molecule has 2 rings (SSSR count). The van der Waals surface area contributed by atoms with Crippen LogP contribution in [0.1, 0.15) is 23.7 Å². The smallest absolute Gasteiger partial charge is 0.251 e. The second kappa shape index (κ2) is 4.79. The van der Waals surface area contributed by atoms with Crippen molar-refractivity contribution in [3.8, 4) is 23.8 Å². The SMILES string of the molecule is C#CCC(C)NC(=O)c1ccc2c(c1)OCO2. The normalized spacial score (nSPS) is 13.9. The van der Waals surface area contributed by atoms with Crippen molar-refractivity contribution in [1.29, 1.82) is 0 Å². The molecule has 1 heterocycles. The molecule has 1 atom stereocenters. The maximum atomic E-state index is 11.9. The summed E-state index contributed by atoms with van der Waals surface area (Å²) in [5.74, 6) is 3.61. The summed E-state index contributed by atoms with van der Waals surface area (Å²) in [4.78, 5) is 11.9. The molecule has 0 radical (unpaired) electrons. The van der Waals surface area contributed by atoms with E-state index in [0.29, 0.717) is 23.5 Å². The topological polar surface area (TPSA) is 47.6 Å². The van der Waals surface area contributed by atoms with Crippen LogP contribution in [0.4, 0.5) is 0 Å². The highest BCUT2D eigenvalue weighted by Crippen LogP contribution is 2.32. The second-order valence-electron chi connectivity index (χ2n) is 3.85. The fraction of sp³-hybridized carbons (Fsp3) is 0.308. The van der Waals surface area contributed by atoms with E-state index < -0.39 is 0 Å². The number of hydrogen-bond donors (Lipinski definition) is 1. The van der Waals surface area contributed by atoms with E-state index in [1.807, 2.05) is 6.92 Å². The monoisotopic (exact) mass is 231 g/mol. The van der Waals surface area contributed by atoms with Crippen LogP contribution in [0.2, 0.25) is 0 Å². The lowest BCUT2D eigenvalue weighted by Gasteiger charge is -2.11. The molecule has 0 aliphatic carbocycles. The number of fused-ring (bicyclic) bond motifs is 1. The van der Waals surface area contributed by atoms with Gasteiger partial charge in [0.05, 0.1) is 0 Å². The third kappa shape index (κ3) is 2.51. The van der Waals surface area contributed by atoms with E-state index in [0.717, 1.165) is 0 Å². The van der Waals surface area contributed by atoms with Crippen molar-refractivity contribution in [2.45, 2.75) is 19.4 Å². The van der Waals surface area contributed by atoms with Crippen molar-refractivity contribution in [1.82, 2.24) is 5.32 Å². The number of terminal acetylenes is 1. The molecule has 0 saturated heterocycles. The Hall–Kier alpha value is -2.15. The quantitative estimate of drug-likeness (QED) is 0.803. The van der Waals surface area contributed by atoms with Crippen molar-refractivity contribution in [3.05, 3.63) is 23.8 Å². The highest BCUT2D eigenvalue weighted by Gasteiger charge is 2.16. The van der Waals surface area contributed by atoms with Crippen LogP contribution in [0.5, 0.6) is 11.5 Å². The van der Waals surface area contributed by atoms with Crippen LogP contribution in [0.3, 0.4) is 0 Å². The van der Waals surface area contributed by atoms with Gasteiger partial charge in [-0.3, -0.25) is 4.79 Å². The van der Waals surface area contributed by atoms with Gasteiger partial charge in [-0.15, -0.1) is 12.3 Å². The Morgan fingerprint density at radius 1 is 1.53 bits per heavy atom. The first-order chi connectivity index (χ1) is 8.20. The number of carbonyl (C=O) groups is 1. The average Bonchev–Trinajstić information content (AvgIpc) is 2.75. The lowest BCUT2D eigenvalue weighted by atomic mass is 10.1. The summed E-state index contributed by atoms with van der Waals surface area (Å²) in [6, 6.07) is 5.05. The minimum absolute atomic E-state index is 0.0436. The van der Waals surface area contributed by atoms with Gasteiger partial charge in [-0.1, -0.05) is 0 Å². The molecule has 0 saturated carbocycles. The van der Waals surface area contributed by atoms with Crippen LogP contribution in [-0.4, -0.2) is 18.7 Å². The third-order valence-corrected chi connectivity index (χ3v) is 2.44. The molecule has 1 N–H and O–H groups in total. The molecule has 4 nitrogen and oxygen atoms in total. The van der Waals surface area contributed by atoms with Crippen LogP contribution >= 0.6 is 0 Å². The number of nitrogens with one attached hydrogen (secondary N) is 1. The van der Waals surface area contributed by atoms with E-state index in [2.05, 4.69) is 11.2 Å². The highest BCUT2D eigenvalue weighted by atomic mass is 16.7. The van der Waals surface area contributed by atoms with Gasteiger partial charge in [0.1, 0.15) is 0 Å². The maximum absolute atomic E-state index is 11.9. The zero-order valence-electron chi connectivity index (χ0n) is 9.53. The van der Waals surface area contributed by atoms with Crippen LogP contribution < -0.4 is 14.8 Å². The Morgan fingerprint density at radius 3 is 3.06 bits per heavy atom. The molecule has 1 amide bonds. The molecule has 1 aromatic carbocycles. The van der Waals surface area contributed by atoms with Crippen molar-refractivity contribution in [3.63, 3.8) is 0 Å². The first-order valence-corrected chi connectivity index (χ1v) is 5.34. The molecule has 0 bridgehead atoms. The molecular weight excluding hydrogens is 218 g/mol. The second-order valence-corrected chi connectivity index (χ2v) is 3.85. The zero-order chi connectivity index (χ0) is 12.3. The van der Waals surface area contributed by atoms with Gasteiger partial charge in [0.2, 0.25) is 6.79 Å². The molecule has 1 aliphatic heterocycles. The summed E-state index contributed by atoms with van der Waals surface area (Å²) in [6.45, 7) is 2.07. The van der Waals surface area contributed by atoms with Crippen molar-refractivity contribution < 1.29 is 14.3 Å². The van der Waals surface area contributed by atoms with E-state index in [9.17, 15) is 4.79 Å². The first-order valence-electron chi connectivity index (χ1n) is 5.34. The van der Waals surface area contributed by atoms with E-state index in [4.69, 9.17) is 15.9 Å². The molecule has 4 heteroatoms. The fourth-order valence-electron chi connectivity index (χ4n) is 1.57. The molecular formula is C13H13NO3. The largest absolute Gasteiger partial charge is 0.454 e. The molecule has 0 spiro atoms.